The SMILES string of the molecule is Cc1cc(C(=O)NCC(C)(C)O)no1. The van der Waals surface area contributed by atoms with Crippen molar-refractivity contribution in [1.29, 1.82) is 0 Å². The molecular formula is C9H14N2O3. The van der Waals surface area contributed by atoms with Crippen LogP contribution in [0.4, 0.5) is 0 Å². The standard InChI is InChI=1S/C9H14N2O3/c1-6-4-7(11-14-6)8(12)10-5-9(2,3)13/h4,13H,5H2,1-3H3,(H,10,12). The van der Waals surface area contributed by atoms with Crippen molar-refractivity contribution < 1.29 is 14.4 Å². The Morgan fingerprint density at radius 1 is 1.71 bits per heavy atom. The van der Waals surface area contributed by atoms with Crippen molar-refractivity contribution in [2.45, 2.75) is 26.4 Å². The third kappa shape index (κ3) is 3.18. The highest BCUT2D eigenvalue weighted by molar-refractivity contribution is 5.92. The molecule has 5 heteroatoms. The van der Waals surface area contributed by atoms with Gasteiger partial charge in [0.1, 0.15) is 5.76 Å². The van der Waals surface area contributed by atoms with E-state index in [2.05, 4.69) is 10.5 Å². The van der Waals surface area contributed by atoms with Gasteiger partial charge in [-0.15, -0.1) is 0 Å². The zero-order valence-corrected chi connectivity index (χ0v) is 8.50. The Morgan fingerprint density at radius 3 is 2.79 bits per heavy atom. The van der Waals surface area contributed by atoms with E-state index in [9.17, 15) is 9.90 Å². The van der Waals surface area contributed by atoms with Crippen LogP contribution in [0.15, 0.2) is 10.6 Å². The Labute approximate surface area is 82.1 Å². The first-order chi connectivity index (χ1) is 6.38. The quantitative estimate of drug-likeness (QED) is 0.740. The average Bonchev–Trinajstić information content (AvgIpc) is 2.46. The Balaban J connectivity index is 2.52. The molecule has 0 spiro atoms. The van der Waals surface area contributed by atoms with Crippen LogP contribution in [0.3, 0.4) is 0 Å². The first-order valence-corrected chi connectivity index (χ1v) is 4.32. The van der Waals surface area contributed by atoms with Gasteiger partial charge in [0.25, 0.3) is 5.91 Å². The first-order valence-electron chi connectivity index (χ1n) is 4.32. The van der Waals surface area contributed by atoms with Crippen LogP contribution in [0.5, 0.6) is 0 Å². The normalized spacial score (nSPS) is 11.4. The molecule has 0 atom stereocenters. The monoisotopic (exact) mass is 198 g/mol. The summed E-state index contributed by atoms with van der Waals surface area (Å²) < 4.78 is 4.74. The van der Waals surface area contributed by atoms with E-state index in [1.807, 2.05) is 0 Å². The fraction of sp³-hybridized carbons (Fsp3) is 0.556. The molecule has 1 amide bonds. The Bertz CT molecular complexity index is 325. The van der Waals surface area contributed by atoms with Crippen LogP contribution < -0.4 is 5.32 Å². The summed E-state index contributed by atoms with van der Waals surface area (Å²) in [5.41, 5.74) is -0.694. The molecule has 1 aromatic heterocycles. The smallest absolute Gasteiger partial charge is 0.273 e. The summed E-state index contributed by atoms with van der Waals surface area (Å²) >= 11 is 0. The van der Waals surface area contributed by atoms with Crippen LogP contribution in [0.2, 0.25) is 0 Å². The number of aromatic nitrogens is 1. The lowest BCUT2D eigenvalue weighted by Crippen LogP contribution is -2.38. The maximum atomic E-state index is 11.4. The molecule has 0 unspecified atom stereocenters. The molecule has 0 aliphatic carbocycles. The van der Waals surface area contributed by atoms with Gasteiger partial charge < -0.3 is 14.9 Å². The van der Waals surface area contributed by atoms with Gasteiger partial charge in [0.2, 0.25) is 0 Å². The van der Waals surface area contributed by atoms with Crippen molar-refractivity contribution in [2.24, 2.45) is 0 Å². The summed E-state index contributed by atoms with van der Waals surface area (Å²) in [6.07, 6.45) is 0. The zero-order chi connectivity index (χ0) is 10.8. The van der Waals surface area contributed by atoms with Crippen molar-refractivity contribution in [1.82, 2.24) is 10.5 Å². The van der Waals surface area contributed by atoms with Gasteiger partial charge in [-0.05, 0) is 20.8 Å². The van der Waals surface area contributed by atoms with Crippen LogP contribution >= 0.6 is 0 Å². The number of nitrogens with one attached hydrogen (secondary N) is 1. The molecule has 2 N–H and O–H groups in total. The fourth-order valence-corrected chi connectivity index (χ4v) is 0.861. The Hall–Kier alpha value is -1.36. The topological polar surface area (TPSA) is 75.4 Å². The molecular weight excluding hydrogens is 184 g/mol. The maximum absolute atomic E-state index is 11.4. The highest BCUT2D eigenvalue weighted by atomic mass is 16.5. The third-order valence-electron chi connectivity index (χ3n) is 1.54. The van der Waals surface area contributed by atoms with E-state index < -0.39 is 5.60 Å². The van der Waals surface area contributed by atoms with Gasteiger partial charge in [-0.1, -0.05) is 5.16 Å². The highest BCUT2D eigenvalue weighted by Crippen LogP contribution is 2.02. The number of carbonyl (C=O) groups excluding carboxylic acids is 1. The molecule has 14 heavy (non-hydrogen) atoms. The average molecular weight is 198 g/mol. The predicted molar refractivity (Wildman–Crippen MR) is 49.9 cm³/mol. The lowest BCUT2D eigenvalue weighted by Gasteiger charge is -2.16. The van der Waals surface area contributed by atoms with E-state index in [1.54, 1.807) is 26.8 Å². The highest BCUT2D eigenvalue weighted by Gasteiger charge is 2.16. The lowest BCUT2D eigenvalue weighted by molar-refractivity contribution is 0.0690. The lowest BCUT2D eigenvalue weighted by atomic mass is 10.1. The van der Waals surface area contributed by atoms with E-state index >= 15 is 0 Å². The Kier molecular flexibility index (Phi) is 2.90. The van der Waals surface area contributed by atoms with Crippen LogP contribution in [-0.2, 0) is 0 Å². The molecule has 1 heterocycles. The summed E-state index contributed by atoms with van der Waals surface area (Å²) in [6, 6.07) is 1.54. The van der Waals surface area contributed by atoms with Crippen LogP contribution in [0.1, 0.15) is 30.1 Å². The number of hydrogen-bond acceptors (Lipinski definition) is 4. The Morgan fingerprint density at radius 2 is 2.36 bits per heavy atom. The van der Waals surface area contributed by atoms with Crippen LogP contribution in [0, 0.1) is 6.92 Å². The summed E-state index contributed by atoms with van der Waals surface area (Å²) in [5.74, 6) is 0.238. The molecule has 5 nitrogen and oxygen atoms in total. The van der Waals surface area contributed by atoms with Gasteiger partial charge in [0.05, 0.1) is 5.60 Å². The number of aryl methyl sites for hydroxylation is 1. The second-order valence-corrected chi connectivity index (χ2v) is 3.82. The van der Waals surface area contributed by atoms with Gasteiger partial charge in [-0.3, -0.25) is 4.79 Å². The largest absolute Gasteiger partial charge is 0.389 e. The summed E-state index contributed by atoms with van der Waals surface area (Å²) in [5, 5.41) is 15.4. The summed E-state index contributed by atoms with van der Waals surface area (Å²) in [4.78, 5) is 11.4. The number of amides is 1. The van der Waals surface area contributed by atoms with Gasteiger partial charge in [-0.25, -0.2) is 0 Å². The minimum Gasteiger partial charge on any atom is -0.389 e. The second-order valence-electron chi connectivity index (χ2n) is 3.82. The van der Waals surface area contributed by atoms with E-state index in [4.69, 9.17) is 4.52 Å². The molecule has 0 saturated carbocycles. The third-order valence-corrected chi connectivity index (χ3v) is 1.54. The number of rotatable bonds is 3. The predicted octanol–water partition coefficient (Wildman–Crippen LogP) is 0.484. The summed E-state index contributed by atoms with van der Waals surface area (Å²) in [6.45, 7) is 5.11. The maximum Gasteiger partial charge on any atom is 0.273 e. The molecule has 0 bridgehead atoms. The molecule has 0 radical (unpaired) electrons. The molecule has 78 valence electrons. The van der Waals surface area contributed by atoms with Crippen molar-refractivity contribution in [3.8, 4) is 0 Å². The molecule has 1 aromatic rings. The molecule has 1 rings (SSSR count). The molecule has 0 aliphatic heterocycles. The van der Waals surface area contributed by atoms with Gasteiger partial charge in [-0.2, -0.15) is 0 Å². The van der Waals surface area contributed by atoms with E-state index in [0.717, 1.165) is 0 Å². The van der Waals surface area contributed by atoms with Crippen LogP contribution in [-0.4, -0.2) is 28.3 Å². The van der Waals surface area contributed by atoms with Crippen LogP contribution in [0.25, 0.3) is 0 Å². The first kappa shape index (κ1) is 10.7. The van der Waals surface area contributed by atoms with Crippen molar-refractivity contribution >= 4 is 5.91 Å². The van der Waals surface area contributed by atoms with Gasteiger partial charge >= 0.3 is 0 Å². The van der Waals surface area contributed by atoms with Gasteiger partial charge in [0, 0.05) is 12.6 Å². The van der Waals surface area contributed by atoms with E-state index in [1.165, 1.54) is 0 Å². The van der Waals surface area contributed by atoms with Gasteiger partial charge in [0.15, 0.2) is 5.69 Å². The van der Waals surface area contributed by atoms with E-state index in [0.29, 0.717) is 5.76 Å². The molecule has 0 aliphatic rings. The second kappa shape index (κ2) is 3.79. The number of carbonyl (C=O) groups is 1. The van der Waals surface area contributed by atoms with E-state index in [-0.39, 0.29) is 18.1 Å². The minimum atomic E-state index is -0.922. The fourth-order valence-electron chi connectivity index (χ4n) is 0.861. The number of nitrogens with zero attached hydrogens (tertiary/aromatic N) is 1. The molecule has 0 fully saturated rings. The van der Waals surface area contributed by atoms with Crippen molar-refractivity contribution in [2.75, 3.05) is 6.54 Å². The zero-order valence-electron chi connectivity index (χ0n) is 8.50. The summed E-state index contributed by atoms with van der Waals surface area (Å²) in [7, 11) is 0. The van der Waals surface area contributed by atoms with Crippen molar-refractivity contribution in [3.05, 3.63) is 17.5 Å². The molecule has 0 aromatic carbocycles. The number of hydrogen-bond donors (Lipinski definition) is 2. The minimum absolute atomic E-state index is 0.178. The number of aliphatic hydroxyl groups is 1. The van der Waals surface area contributed by atoms with Crippen molar-refractivity contribution in [3.63, 3.8) is 0 Å². The molecule has 0 saturated heterocycles.